The summed E-state index contributed by atoms with van der Waals surface area (Å²) in [5.74, 6) is 0.612. The van der Waals surface area contributed by atoms with E-state index in [1.807, 2.05) is 0 Å². The molecular weight excluding hydrogens is 204 g/mol. The van der Waals surface area contributed by atoms with Crippen molar-refractivity contribution >= 4 is 5.97 Å². The molecule has 0 aromatic heterocycles. The molecule has 0 amide bonds. The second kappa shape index (κ2) is 5.15. The molecule has 0 aromatic rings. The Kier molecular flexibility index (Phi) is 3.82. The van der Waals surface area contributed by atoms with Gasteiger partial charge in [-0.2, -0.15) is 0 Å². The van der Waals surface area contributed by atoms with E-state index in [0.29, 0.717) is 12.6 Å². The highest BCUT2D eigenvalue weighted by molar-refractivity contribution is 5.76. The van der Waals surface area contributed by atoms with Crippen LogP contribution < -0.4 is 5.73 Å². The van der Waals surface area contributed by atoms with E-state index in [0.717, 1.165) is 12.5 Å². The van der Waals surface area contributed by atoms with Gasteiger partial charge in [-0.25, -0.2) is 0 Å². The Morgan fingerprint density at radius 1 is 1.44 bits per heavy atom. The molecule has 0 bridgehead atoms. The largest absolute Gasteiger partial charge is 0.468 e. The van der Waals surface area contributed by atoms with Gasteiger partial charge in [0, 0.05) is 12.6 Å². The van der Waals surface area contributed by atoms with Crippen LogP contribution in [0, 0.1) is 5.92 Å². The second-order valence-corrected chi connectivity index (χ2v) is 4.91. The summed E-state index contributed by atoms with van der Waals surface area (Å²) in [4.78, 5) is 13.9. The number of fused-ring (bicyclic) bond motifs is 1. The fourth-order valence-corrected chi connectivity index (χ4v) is 3.33. The molecule has 3 unspecified atom stereocenters. The van der Waals surface area contributed by atoms with Gasteiger partial charge in [0.05, 0.1) is 7.11 Å². The van der Waals surface area contributed by atoms with Gasteiger partial charge in [-0.05, 0) is 31.7 Å². The summed E-state index contributed by atoms with van der Waals surface area (Å²) in [5.41, 5.74) is 5.71. The average molecular weight is 226 g/mol. The fraction of sp³-hybridized carbons (Fsp3) is 0.917. The summed E-state index contributed by atoms with van der Waals surface area (Å²) in [6.45, 7) is 1.38. The molecule has 1 aliphatic carbocycles. The van der Waals surface area contributed by atoms with E-state index in [9.17, 15) is 4.79 Å². The van der Waals surface area contributed by atoms with Crippen LogP contribution in [0.2, 0.25) is 0 Å². The van der Waals surface area contributed by atoms with Gasteiger partial charge in [0.25, 0.3) is 0 Å². The molecule has 0 aromatic carbocycles. The van der Waals surface area contributed by atoms with Crippen LogP contribution in [-0.2, 0) is 9.53 Å². The minimum absolute atomic E-state index is 0.172. The van der Waals surface area contributed by atoms with E-state index in [-0.39, 0.29) is 12.0 Å². The summed E-state index contributed by atoms with van der Waals surface area (Å²) >= 11 is 0. The first kappa shape index (κ1) is 11.9. The van der Waals surface area contributed by atoms with E-state index in [1.165, 1.54) is 39.2 Å². The first-order valence-corrected chi connectivity index (χ1v) is 6.31. The summed E-state index contributed by atoms with van der Waals surface area (Å²) in [6.07, 6.45) is 6.40. The molecule has 2 rings (SSSR count). The van der Waals surface area contributed by atoms with E-state index in [1.54, 1.807) is 0 Å². The molecule has 92 valence electrons. The number of nitrogens with zero attached hydrogens (tertiary/aromatic N) is 1. The third kappa shape index (κ3) is 2.09. The van der Waals surface area contributed by atoms with Crippen molar-refractivity contribution in [1.29, 1.82) is 0 Å². The third-order valence-corrected chi connectivity index (χ3v) is 4.15. The number of carbonyl (C=O) groups excluding carboxylic acids is 1. The lowest BCUT2D eigenvalue weighted by atomic mass is 9.85. The quantitative estimate of drug-likeness (QED) is 0.722. The molecule has 0 spiro atoms. The summed E-state index contributed by atoms with van der Waals surface area (Å²) in [6, 6.07) is 0.347. The van der Waals surface area contributed by atoms with Gasteiger partial charge in [-0.1, -0.05) is 12.8 Å². The Labute approximate surface area is 97.1 Å². The summed E-state index contributed by atoms with van der Waals surface area (Å²) in [5, 5.41) is 0. The molecule has 2 N–H and O–H groups in total. The standard InChI is InChI=1S/C12H22N2O2/c1-16-12(15)11(8-13)14-7-6-9-4-2-3-5-10(9)14/h9-11H,2-8,13H2,1H3. The zero-order chi connectivity index (χ0) is 11.5. The highest BCUT2D eigenvalue weighted by Crippen LogP contribution is 2.37. The number of nitrogens with two attached hydrogens (primary N) is 1. The lowest BCUT2D eigenvalue weighted by molar-refractivity contribution is -0.147. The molecule has 1 saturated carbocycles. The van der Waals surface area contributed by atoms with E-state index >= 15 is 0 Å². The van der Waals surface area contributed by atoms with Crippen LogP contribution in [0.5, 0.6) is 0 Å². The molecule has 1 aliphatic heterocycles. The number of esters is 1. The van der Waals surface area contributed by atoms with Crippen molar-refractivity contribution in [2.24, 2.45) is 11.7 Å². The Balaban J connectivity index is 2.05. The molecule has 1 saturated heterocycles. The second-order valence-electron chi connectivity index (χ2n) is 4.91. The minimum atomic E-state index is -0.224. The van der Waals surface area contributed by atoms with Crippen LogP contribution >= 0.6 is 0 Å². The van der Waals surface area contributed by atoms with Crippen molar-refractivity contribution in [1.82, 2.24) is 4.90 Å². The Bertz CT molecular complexity index is 257. The van der Waals surface area contributed by atoms with E-state index in [4.69, 9.17) is 10.5 Å². The van der Waals surface area contributed by atoms with Crippen molar-refractivity contribution in [2.45, 2.75) is 44.2 Å². The Morgan fingerprint density at radius 2 is 2.19 bits per heavy atom. The van der Waals surface area contributed by atoms with Crippen LogP contribution in [0.3, 0.4) is 0 Å². The highest BCUT2D eigenvalue weighted by Gasteiger charge is 2.41. The summed E-state index contributed by atoms with van der Waals surface area (Å²) < 4.78 is 4.83. The number of methoxy groups -OCH3 is 1. The van der Waals surface area contributed by atoms with Crippen molar-refractivity contribution in [3.05, 3.63) is 0 Å². The van der Waals surface area contributed by atoms with Gasteiger partial charge in [0.2, 0.25) is 0 Å². The molecule has 1 heterocycles. The number of rotatable bonds is 3. The minimum Gasteiger partial charge on any atom is -0.468 e. The van der Waals surface area contributed by atoms with Crippen LogP contribution in [-0.4, -0.2) is 43.2 Å². The van der Waals surface area contributed by atoms with Gasteiger partial charge in [-0.15, -0.1) is 0 Å². The number of hydrogen-bond acceptors (Lipinski definition) is 4. The molecule has 16 heavy (non-hydrogen) atoms. The Hall–Kier alpha value is -0.610. The maximum Gasteiger partial charge on any atom is 0.324 e. The number of carbonyl (C=O) groups is 1. The van der Waals surface area contributed by atoms with Crippen LogP contribution in [0.15, 0.2) is 0 Å². The Morgan fingerprint density at radius 3 is 2.88 bits per heavy atom. The maximum atomic E-state index is 11.7. The fourth-order valence-electron chi connectivity index (χ4n) is 3.33. The van der Waals surface area contributed by atoms with Gasteiger partial charge in [0.15, 0.2) is 0 Å². The van der Waals surface area contributed by atoms with Crippen LogP contribution in [0.25, 0.3) is 0 Å². The van der Waals surface area contributed by atoms with Gasteiger partial charge in [-0.3, -0.25) is 9.69 Å². The molecule has 2 aliphatic rings. The lowest BCUT2D eigenvalue weighted by Gasteiger charge is -2.35. The topological polar surface area (TPSA) is 55.6 Å². The predicted octanol–water partition coefficient (Wildman–Crippen LogP) is 0.751. The van der Waals surface area contributed by atoms with Gasteiger partial charge >= 0.3 is 5.97 Å². The average Bonchev–Trinajstić information content (AvgIpc) is 2.74. The molecule has 2 fully saturated rings. The summed E-state index contributed by atoms with van der Waals surface area (Å²) in [7, 11) is 1.44. The first-order valence-electron chi connectivity index (χ1n) is 6.31. The van der Waals surface area contributed by atoms with Gasteiger partial charge in [0.1, 0.15) is 6.04 Å². The number of ether oxygens (including phenoxy) is 1. The number of likely N-dealkylation sites (tertiary alicyclic amines) is 1. The molecular formula is C12H22N2O2. The monoisotopic (exact) mass is 226 g/mol. The molecule has 3 atom stereocenters. The van der Waals surface area contributed by atoms with Crippen LogP contribution in [0.1, 0.15) is 32.1 Å². The molecule has 4 nitrogen and oxygen atoms in total. The molecule has 4 heteroatoms. The lowest BCUT2D eigenvalue weighted by Crippen LogP contribution is -2.50. The highest BCUT2D eigenvalue weighted by atomic mass is 16.5. The van der Waals surface area contributed by atoms with Crippen molar-refractivity contribution in [3.8, 4) is 0 Å². The van der Waals surface area contributed by atoms with Crippen molar-refractivity contribution in [2.75, 3.05) is 20.2 Å². The van der Waals surface area contributed by atoms with E-state index < -0.39 is 0 Å². The normalized spacial score (nSPS) is 32.1. The maximum absolute atomic E-state index is 11.7. The predicted molar refractivity (Wildman–Crippen MR) is 61.9 cm³/mol. The van der Waals surface area contributed by atoms with Gasteiger partial charge < -0.3 is 10.5 Å². The molecule has 0 radical (unpaired) electrons. The smallest absolute Gasteiger partial charge is 0.324 e. The zero-order valence-electron chi connectivity index (χ0n) is 10.0. The van der Waals surface area contributed by atoms with Crippen molar-refractivity contribution < 1.29 is 9.53 Å². The SMILES string of the molecule is COC(=O)C(CN)N1CCC2CCCCC21. The van der Waals surface area contributed by atoms with E-state index in [2.05, 4.69) is 4.90 Å². The number of hydrogen-bond donors (Lipinski definition) is 1. The zero-order valence-corrected chi connectivity index (χ0v) is 10.0. The first-order chi connectivity index (χ1) is 7.77. The third-order valence-electron chi connectivity index (χ3n) is 4.15. The van der Waals surface area contributed by atoms with Crippen molar-refractivity contribution in [3.63, 3.8) is 0 Å². The van der Waals surface area contributed by atoms with Crippen LogP contribution in [0.4, 0.5) is 0 Å².